The molecule has 110 valence electrons. The van der Waals surface area contributed by atoms with Crippen molar-refractivity contribution in [1.82, 2.24) is 10.3 Å². The first-order valence-electron chi connectivity index (χ1n) is 5.49. The standard InChI is InChI=1S/C9H17N3O7/c1-12(11-17)9(16)10-5-6(14)4(3-13)19-8(18-2)7(5)15/h4-8,13-15H,3H2,1-2H3,(H,10,16)/t4-,5-,6-,7-,8+/m1/s1. The van der Waals surface area contributed by atoms with Crippen molar-refractivity contribution < 1.29 is 29.6 Å². The van der Waals surface area contributed by atoms with Crippen molar-refractivity contribution >= 4 is 6.03 Å². The van der Waals surface area contributed by atoms with Crippen LogP contribution in [0.3, 0.4) is 0 Å². The lowest BCUT2D eigenvalue weighted by Crippen LogP contribution is -2.65. The van der Waals surface area contributed by atoms with Crippen molar-refractivity contribution in [2.75, 3.05) is 20.8 Å². The van der Waals surface area contributed by atoms with E-state index in [9.17, 15) is 19.9 Å². The summed E-state index contributed by atoms with van der Waals surface area (Å²) in [6.45, 7) is -0.526. The highest BCUT2D eigenvalue weighted by Gasteiger charge is 2.45. The summed E-state index contributed by atoms with van der Waals surface area (Å²) in [5.74, 6) is 0. The smallest absolute Gasteiger partial charge is 0.340 e. The third-order valence-corrected chi connectivity index (χ3v) is 2.82. The van der Waals surface area contributed by atoms with Gasteiger partial charge in [-0.1, -0.05) is 0 Å². The second-order valence-electron chi connectivity index (χ2n) is 4.02. The molecule has 10 heteroatoms. The van der Waals surface area contributed by atoms with Crippen LogP contribution in [0, 0.1) is 4.91 Å². The van der Waals surface area contributed by atoms with Crippen LogP contribution in [0.15, 0.2) is 5.29 Å². The second kappa shape index (κ2) is 6.73. The molecular formula is C9H17N3O7. The van der Waals surface area contributed by atoms with Crippen molar-refractivity contribution in [3.05, 3.63) is 4.91 Å². The number of urea groups is 1. The number of aliphatic hydroxyl groups excluding tert-OH is 3. The SMILES string of the molecule is CO[C@H]1O[C@H](CO)[C@@H](O)[C@@H](NC(=O)N(C)N=O)[C@H]1O. The van der Waals surface area contributed by atoms with Gasteiger partial charge in [0.1, 0.15) is 18.3 Å². The van der Waals surface area contributed by atoms with Crippen LogP contribution in [-0.4, -0.2) is 77.8 Å². The Hall–Kier alpha value is -1.33. The zero-order valence-corrected chi connectivity index (χ0v) is 10.5. The van der Waals surface area contributed by atoms with E-state index in [1.54, 1.807) is 0 Å². The van der Waals surface area contributed by atoms with E-state index < -0.39 is 43.3 Å². The number of nitrogens with one attached hydrogen (secondary N) is 1. The number of methoxy groups -OCH3 is 1. The predicted molar refractivity (Wildman–Crippen MR) is 60.6 cm³/mol. The maximum absolute atomic E-state index is 11.5. The molecule has 0 spiro atoms. The molecule has 19 heavy (non-hydrogen) atoms. The van der Waals surface area contributed by atoms with Gasteiger partial charge in [-0.3, -0.25) is 0 Å². The summed E-state index contributed by atoms with van der Waals surface area (Å²) in [5.41, 5.74) is 0. The summed E-state index contributed by atoms with van der Waals surface area (Å²) in [6.07, 6.45) is -4.89. The van der Waals surface area contributed by atoms with Crippen molar-refractivity contribution in [2.24, 2.45) is 5.29 Å². The lowest BCUT2D eigenvalue weighted by Gasteiger charge is -2.41. The van der Waals surface area contributed by atoms with Gasteiger partial charge in [-0.05, 0) is 0 Å². The Balaban J connectivity index is 2.81. The van der Waals surface area contributed by atoms with E-state index in [4.69, 9.17) is 14.6 Å². The van der Waals surface area contributed by atoms with Gasteiger partial charge in [-0.15, -0.1) is 4.91 Å². The fourth-order valence-electron chi connectivity index (χ4n) is 1.73. The summed E-state index contributed by atoms with van der Waals surface area (Å²) in [6, 6.07) is -2.08. The normalized spacial score (nSPS) is 34.7. The van der Waals surface area contributed by atoms with Crippen LogP contribution in [0.4, 0.5) is 4.79 Å². The van der Waals surface area contributed by atoms with Crippen molar-refractivity contribution in [2.45, 2.75) is 30.6 Å². The molecule has 1 aliphatic rings. The molecule has 1 fully saturated rings. The quantitative estimate of drug-likeness (QED) is 0.337. The minimum Gasteiger partial charge on any atom is -0.394 e. The van der Waals surface area contributed by atoms with Crippen molar-refractivity contribution in [3.63, 3.8) is 0 Å². The highest BCUT2D eigenvalue weighted by Crippen LogP contribution is 2.21. The van der Waals surface area contributed by atoms with Gasteiger partial charge < -0.3 is 30.1 Å². The number of carbonyl (C=O) groups excluding carboxylic acids is 1. The Morgan fingerprint density at radius 1 is 1.47 bits per heavy atom. The summed E-state index contributed by atoms with van der Waals surface area (Å²) in [7, 11) is 2.37. The van der Waals surface area contributed by atoms with E-state index in [0.717, 1.165) is 7.05 Å². The molecule has 10 nitrogen and oxygen atoms in total. The topological polar surface area (TPSA) is 141 Å². The van der Waals surface area contributed by atoms with Crippen LogP contribution in [0.1, 0.15) is 0 Å². The van der Waals surface area contributed by atoms with Crippen molar-refractivity contribution in [3.8, 4) is 0 Å². The van der Waals surface area contributed by atoms with Crippen LogP contribution in [0.2, 0.25) is 0 Å². The lowest BCUT2D eigenvalue weighted by atomic mass is 9.96. The Labute approximate surface area is 108 Å². The molecule has 0 saturated carbocycles. The second-order valence-corrected chi connectivity index (χ2v) is 4.02. The van der Waals surface area contributed by atoms with E-state index in [1.165, 1.54) is 7.11 Å². The van der Waals surface area contributed by atoms with E-state index in [2.05, 4.69) is 10.6 Å². The molecule has 0 bridgehead atoms. The van der Waals surface area contributed by atoms with Gasteiger partial charge in [0.2, 0.25) is 0 Å². The molecule has 1 rings (SSSR count). The summed E-state index contributed by atoms with van der Waals surface area (Å²) >= 11 is 0. The summed E-state index contributed by atoms with van der Waals surface area (Å²) in [4.78, 5) is 21.7. The summed E-state index contributed by atoms with van der Waals surface area (Å²) < 4.78 is 9.92. The monoisotopic (exact) mass is 279 g/mol. The maximum Gasteiger partial charge on any atom is 0.340 e. The Bertz CT molecular complexity index is 313. The Morgan fingerprint density at radius 3 is 2.58 bits per heavy atom. The summed E-state index contributed by atoms with van der Waals surface area (Å²) in [5, 5.41) is 33.9. The highest BCUT2D eigenvalue weighted by atomic mass is 16.7. The number of hydrogen-bond acceptors (Lipinski definition) is 8. The van der Waals surface area contributed by atoms with Crippen molar-refractivity contribution in [1.29, 1.82) is 0 Å². The van der Waals surface area contributed by atoms with E-state index in [1.807, 2.05) is 0 Å². The zero-order valence-electron chi connectivity index (χ0n) is 10.5. The molecule has 0 aromatic heterocycles. The predicted octanol–water partition coefficient (Wildman–Crippen LogP) is -2.24. The molecular weight excluding hydrogens is 262 g/mol. The lowest BCUT2D eigenvalue weighted by molar-refractivity contribution is -0.270. The molecule has 0 unspecified atom stereocenters. The fraction of sp³-hybridized carbons (Fsp3) is 0.889. The number of amides is 2. The molecule has 0 aliphatic carbocycles. The zero-order chi connectivity index (χ0) is 14.6. The third-order valence-electron chi connectivity index (χ3n) is 2.82. The Kier molecular flexibility index (Phi) is 5.57. The van der Waals surface area contributed by atoms with Crippen LogP contribution in [0.5, 0.6) is 0 Å². The van der Waals surface area contributed by atoms with Crippen LogP contribution in [0.25, 0.3) is 0 Å². The fourth-order valence-corrected chi connectivity index (χ4v) is 1.73. The largest absolute Gasteiger partial charge is 0.394 e. The number of hydrogen-bond donors (Lipinski definition) is 4. The molecule has 4 N–H and O–H groups in total. The van der Waals surface area contributed by atoms with Crippen LogP contribution < -0.4 is 5.32 Å². The number of aliphatic hydroxyl groups is 3. The first kappa shape index (κ1) is 15.7. The van der Waals surface area contributed by atoms with Gasteiger partial charge >= 0.3 is 6.03 Å². The molecule has 1 aliphatic heterocycles. The average Bonchev–Trinajstić information content (AvgIpc) is 2.42. The number of ether oxygens (including phenoxy) is 2. The molecule has 1 saturated heterocycles. The number of carbonyl (C=O) groups is 1. The molecule has 5 atom stereocenters. The third kappa shape index (κ3) is 3.36. The molecule has 1 heterocycles. The van der Waals surface area contributed by atoms with E-state index in [0.29, 0.717) is 5.01 Å². The average molecular weight is 279 g/mol. The van der Waals surface area contributed by atoms with Crippen LogP contribution in [-0.2, 0) is 9.47 Å². The molecule has 0 aromatic rings. The number of nitrogens with zero attached hydrogens (tertiary/aromatic N) is 2. The van der Waals surface area contributed by atoms with Gasteiger partial charge in [-0.2, -0.15) is 5.01 Å². The van der Waals surface area contributed by atoms with Gasteiger partial charge in [0, 0.05) is 14.2 Å². The number of rotatable bonds is 4. The van der Waals surface area contributed by atoms with Gasteiger partial charge in [0.15, 0.2) is 6.29 Å². The van der Waals surface area contributed by atoms with E-state index in [-0.39, 0.29) is 0 Å². The van der Waals surface area contributed by atoms with E-state index >= 15 is 0 Å². The highest BCUT2D eigenvalue weighted by molar-refractivity contribution is 5.73. The Morgan fingerprint density at radius 2 is 2.11 bits per heavy atom. The minimum absolute atomic E-state index is 0.463. The molecule has 0 radical (unpaired) electrons. The first-order chi connectivity index (χ1) is 8.96. The molecule has 0 aromatic carbocycles. The first-order valence-corrected chi connectivity index (χ1v) is 5.49. The van der Waals surface area contributed by atoms with Gasteiger partial charge in [0.05, 0.1) is 17.9 Å². The molecule has 2 amide bonds. The maximum atomic E-state index is 11.5. The van der Waals surface area contributed by atoms with Gasteiger partial charge in [0.25, 0.3) is 0 Å². The van der Waals surface area contributed by atoms with Gasteiger partial charge in [-0.25, -0.2) is 4.79 Å². The van der Waals surface area contributed by atoms with Crippen LogP contribution >= 0.6 is 0 Å². The number of nitroso groups, excluding NO2 is 1. The minimum atomic E-state index is -1.37.